The molecule has 1 fully saturated rings. The largest absolute Gasteiger partial charge is 0.454 e. The second-order valence-electron chi connectivity index (χ2n) is 6.95. The van der Waals surface area contributed by atoms with Crippen molar-refractivity contribution in [3.8, 4) is 11.5 Å². The number of carbonyl (C=O) groups is 1. The Balaban J connectivity index is 1.23. The molecule has 158 valence electrons. The van der Waals surface area contributed by atoms with Crippen molar-refractivity contribution in [2.45, 2.75) is 6.92 Å². The maximum Gasteiger partial charge on any atom is 0.244 e. The molecule has 1 saturated heterocycles. The van der Waals surface area contributed by atoms with Crippen LogP contribution in [0.2, 0.25) is 0 Å². The van der Waals surface area contributed by atoms with Crippen molar-refractivity contribution in [3.05, 3.63) is 41.6 Å². The fourth-order valence-electron chi connectivity index (χ4n) is 3.19. The summed E-state index contributed by atoms with van der Waals surface area (Å²) in [5, 5.41) is 6.01. The lowest BCUT2D eigenvalue weighted by molar-refractivity contribution is -0.116. The Kier molecular flexibility index (Phi) is 6.29. The van der Waals surface area contributed by atoms with Crippen LogP contribution in [0.1, 0.15) is 11.3 Å². The second kappa shape index (κ2) is 9.45. The predicted molar refractivity (Wildman–Crippen MR) is 113 cm³/mol. The van der Waals surface area contributed by atoms with E-state index in [4.69, 9.17) is 14.2 Å². The fraction of sp³-hybridized carbons (Fsp3) is 0.381. The minimum absolute atomic E-state index is 0.173. The molecular formula is C21H25N5O4. The number of hydrogen-bond donors (Lipinski definition) is 2. The average molecular weight is 411 g/mol. The summed E-state index contributed by atoms with van der Waals surface area (Å²) in [7, 11) is 0. The Morgan fingerprint density at radius 1 is 1.13 bits per heavy atom. The van der Waals surface area contributed by atoms with Crippen molar-refractivity contribution in [3.63, 3.8) is 0 Å². The summed E-state index contributed by atoms with van der Waals surface area (Å²) in [4.78, 5) is 23.2. The molecule has 0 aliphatic carbocycles. The Labute approximate surface area is 175 Å². The quantitative estimate of drug-likeness (QED) is 0.524. The molecule has 2 N–H and O–H groups in total. The Hall–Kier alpha value is -3.33. The molecular weight excluding hydrogens is 386 g/mol. The summed E-state index contributed by atoms with van der Waals surface area (Å²) in [6.07, 6.45) is 3.24. The van der Waals surface area contributed by atoms with Crippen LogP contribution in [0.25, 0.3) is 6.08 Å². The van der Waals surface area contributed by atoms with E-state index in [1.807, 2.05) is 31.2 Å². The van der Waals surface area contributed by atoms with E-state index >= 15 is 0 Å². The number of aryl methyl sites for hydroxylation is 1. The Morgan fingerprint density at radius 3 is 2.83 bits per heavy atom. The molecule has 1 aromatic carbocycles. The minimum atomic E-state index is -0.173. The van der Waals surface area contributed by atoms with Crippen molar-refractivity contribution >= 4 is 23.7 Å². The molecule has 9 heteroatoms. The number of nitrogens with one attached hydrogen (secondary N) is 2. The third kappa shape index (κ3) is 5.18. The monoisotopic (exact) mass is 411 g/mol. The van der Waals surface area contributed by atoms with Crippen LogP contribution in [-0.2, 0) is 9.53 Å². The number of nitrogens with zero attached hydrogens (tertiary/aromatic N) is 3. The average Bonchev–Trinajstić information content (AvgIpc) is 3.23. The van der Waals surface area contributed by atoms with Crippen LogP contribution < -0.4 is 25.0 Å². The number of rotatable bonds is 7. The molecule has 0 saturated carbocycles. The van der Waals surface area contributed by atoms with Crippen LogP contribution in [0, 0.1) is 6.92 Å². The van der Waals surface area contributed by atoms with E-state index in [1.54, 1.807) is 6.08 Å². The predicted octanol–water partition coefficient (Wildman–Crippen LogP) is 1.59. The molecule has 3 heterocycles. The summed E-state index contributed by atoms with van der Waals surface area (Å²) in [5.41, 5.74) is 1.76. The van der Waals surface area contributed by atoms with Crippen LogP contribution in [0.4, 0.5) is 11.8 Å². The summed E-state index contributed by atoms with van der Waals surface area (Å²) in [5.74, 6) is 2.69. The number of carbonyl (C=O) groups excluding carboxylic acids is 1. The highest BCUT2D eigenvalue weighted by molar-refractivity contribution is 5.91. The molecule has 0 spiro atoms. The molecule has 1 aromatic heterocycles. The van der Waals surface area contributed by atoms with Gasteiger partial charge in [-0.25, -0.2) is 4.98 Å². The summed E-state index contributed by atoms with van der Waals surface area (Å²) in [6, 6.07) is 7.52. The van der Waals surface area contributed by atoms with Gasteiger partial charge in [0.05, 0.1) is 13.2 Å². The van der Waals surface area contributed by atoms with Gasteiger partial charge in [-0.3, -0.25) is 4.79 Å². The van der Waals surface area contributed by atoms with Gasteiger partial charge in [0.1, 0.15) is 5.82 Å². The van der Waals surface area contributed by atoms with Crippen molar-refractivity contribution in [1.82, 2.24) is 15.3 Å². The topological polar surface area (TPSA) is 97.8 Å². The zero-order valence-corrected chi connectivity index (χ0v) is 16.9. The number of ether oxygens (including phenoxy) is 3. The van der Waals surface area contributed by atoms with Crippen molar-refractivity contribution < 1.29 is 19.0 Å². The molecule has 30 heavy (non-hydrogen) atoms. The highest BCUT2D eigenvalue weighted by Gasteiger charge is 2.14. The van der Waals surface area contributed by atoms with Gasteiger partial charge in [-0.1, -0.05) is 6.07 Å². The van der Waals surface area contributed by atoms with E-state index < -0.39 is 0 Å². The molecule has 2 aliphatic rings. The smallest absolute Gasteiger partial charge is 0.244 e. The first-order valence-corrected chi connectivity index (χ1v) is 9.95. The molecule has 0 unspecified atom stereocenters. The number of anilines is 2. The van der Waals surface area contributed by atoms with E-state index in [0.29, 0.717) is 38.0 Å². The van der Waals surface area contributed by atoms with Crippen molar-refractivity contribution in [2.24, 2.45) is 0 Å². The lowest BCUT2D eigenvalue weighted by Crippen LogP contribution is -2.37. The van der Waals surface area contributed by atoms with Crippen molar-refractivity contribution in [2.75, 3.05) is 56.4 Å². The van der Waals surface area contributed by atoms with Gasteiger partial charge >= 0.3 is 0 Å². The molecule has 0 bridgehead atoms. The van der Waals surface area contributed by atoms with Gasteiger partial charge in [0.15, 0.2) is 11.5 Å². The SMILES string of the molecule is Cc1cc(N2CCOCC2)nc(NCCNC(=O)/C=C/c2ccc3c(c2)OCO3)n1. The number of amides is 1. The minimum Gasteiger partial charge on any atom is -0.454 e. The lowest BCUT2D eigenvalue weighted by Gasteiger charge is -2.28. The summed E-state index contributed by atoms with van der Waals surface area (Å²) in [6.45, 7) is 6.21. The van der Waals surface area contributed by atoms with Crippen LogP contribution >= 0.6 is 0 Å². The summed E-state index contributed by atoms with van der Waals surface area (Å²) < 4.78 is 16.0. The lowest BCUT2D eigenvalue weighted by atomic mass is 10.2. The fourth-order valence-corrected chi connectivity index (χ4v) is 3.19. The number of aromatic nitrogens is 2. The van der Waals surface area contributed by atoms with Gasteiger partial charge in [-0.15, -0.1) is 0 Å². The molecule has 4 rings (SSSR count). The van der Waals surface area contributed by atoms with E-state index in [1.165, 1.54) is 6.08 Å². The standard InChI is InChI=1S/C21H25N5O4/c1-15-12-19(26-8-10-28-11-9-26)25-21(24-15)23-7-6-22-20(27)5-3-16-2-4-17-18(13-16)30-14-29-17/h2-5,12-13H,6-11,14H2,1H3,(H,22,27)(H,23,24,25)/b5-3+. The Bertz CT molecular complexity index is 928. The van der Waals surface area contributed by atoms with Gasteiger partial charge in [0.25, 0.3) is 0 Å². The molecule has 1 amide bonds. The normalized spacial score (nSPS) is 15.4. The summed E-state index contributed by atoms with van der Waals surface area (Å²) >= 11 is 0. The van der Waals surface area contributed by atoms with Crippen LogP contribution in [0.5, 0.6) is 11.5 Å². The first-order chi connectivity index (χ1) is 14.7. The highest BCUT2D eigenvalue weighted by atomic mass is 16.7. The first-order valence-electron chi connectivity index (χ1n) is 9.95. The number of hydrogen-bond acceptors (Lipinski definition) is 8. The number of fused-ring (bicyclic) bond motifs is 1. The van der Waals surface area contributed by atoms with Gasteiger partial charge in [0, 0.05) is 44.0 Å². The van der Waals surface area contributed by atoms with Crippen LogP contribution in [0.15, 0.2) is 30.3 Å². The zero-order chi connectivity index (χ0) is 20.8. The molecule has 0 radical (unpaired) electrons. The molecule has 2 aliphatic heterocycles. The number of benzene rings is 1. The maximum absolute atomic E-state index is 12.0. The van der Waals surface area contributed by atoms with Gasteiger partial charge < -0.3 is 29.7 Å². The van der Waals surface area contributed by atoms with Crippen LogP contribution in [0.3, 0.4) is 0 Å². The number of morpholine rings is 1. The molecule has 2 aromatic rings. The van der Waals surface area contributed by atoms with Crippen molar-refractivity contribution in [1.29, 1.82) is 0 Å². The second-order valence-corrected chi connectivity index (χ2v) is 6.95. The maximum atomic E-state index is 12.0. The highest BCUT2D eigenvalue weighted by Crippen LogP contribution is 2.32. The van der Waals surface area contributed by atoms with Gasteiger partial charge in [0.2, 0.25) is 18.6 Å². The van der Waals surface area contributed by atoms with Gasteiger partial charge in [-0.2, -0.15) is 4.98 Å². The van der Waals surface area contributed by atoms with E-state index in [9.17, 15) is 4.79 Å². The van der Waals surface area contributed by atoms with E-state index in [-0.39, 0.29) is 12.7 Å². The van der Waals surface area contributed by atoms with Crippen LogP contribution in [-0.4, -0.2) is 62.1 Å². The first kappa shape index (κ1) is 20.0. The third-order valence-corrected chi connectivity index (χ3v) is 4.71. The third-order valence-electron chi connectivity index (χ3n) is 4.71. The zero-order valence-electron chi connectivity index (χ0n) is 16.9. The molecule has 0 atom stereocenters. The molecule has 9 nitrogen and oxygen atoms in total. The van der Waals surface area contributed by atoms with E-state index in [0.717, 1.165) is 35.9 Å². The van der Waals surface area contributed by atoms with Gasteiger partial charge in [-0.05, 0) is 30.7 Å². The van der Waals surface area contributed by atoms with E-state index in [2.05, 4.69) is 25.5 Å². The Morgan fingerprint density at radius 2 is 1.97 bits per heavy atom.